The van der Waals surface area contributed by atoms with Crippen molar-refractivity contribution in [2.24, 2.45) is 0 Å². The molecule has 5 rings (SSSR count). The first-order valence-electron chi connectivity index (χ1n) is 12.7. The monoisotopic (exact) mass is 557 g/mol. The van der Waals surface area contributed by atoms with E-state index in [2.05, 4.69) is 4.98 Å². The van der Waals surface area contributed by atoms with Crippen LogP contribution in [0.5, 0.6) is 17.2 Å². The lowest BCUT2D eigenvalue weighted by Gasteiger charge is -2.26. The molecule has 0 radical (unpaired) electrons. The molecule has 4 aromatic rings. The van der Waals surface area contributed by atoms with Crippen LogP contribution in [-0.4, -0.2) is 59.5 Å². The van der Waals surface area contributed by atoms with E-state index in [0.717, 1.165) is 16.5 Å². The summed E-state index contributed by atoms with van der Waals surface area (Å²) in [5.41, 5.74) is 2.21. The minimum atomic E-state index is -0.954. The lowest BCUT2D eigenvalue weighted by Crippen LogP contribution is -2.31. The van der Waals surface area contributed by atoms with Crippen molar-refractivity contribution < 1.29 is 33.8 Å². The molecule has 1 amide bonds. The maximum absolute atomic E-state index is 13.4. The first kappa shape index (κ1) is 27.3. The molecule has 0 bridgehead atoms. The fourth-order valence-electron chi connectivity index (χ4n) is 5.11. The van der Waals surface area contributed by atoms with Gasteiger partial charge in [0.05, 0.1) is 37.9 Å². The summed E-state index contributed by atoms with van der Waals surface area (Å²) in [6.07, 6.45) is 2.25. The zero-order valence-electron chi connectivity index (χ0n) is 22.5. The van der Waals surface area contributed by atoms with Gasteiger partial charge in [-0.05, 0) is 60.0 Å². The van der Waals surface area contributed by atoms with E-state index in [1.165, 1.54) is 43.4 Å². The largest absolute Gasteiger partial charge is 0.507 e. The fraction of sp³-hybridized carbons (Fsp3) is 0.200. The smallest absolute Gasteiger partial charge is 0.295 e. The molecule has 210 valence electrons. The number of aromatic amines is 1. The van der Waals surface area contributed by atoms with Crippen molar-refractivity contribution in [3.8, 4) is 17.2 Å². The van der Waals surface area contributed by atoms with Gasteiger partial charge in [-0.1, -0.05) is 6.07 Å². The molecule has 2 N–H and O–H groups in total. The van der Waals surface area contributed by atoms with Gasteiger partial charge >= 0.3 is 0 Å². The van der Waals surface area contributed by atoms with Gasteiger partial charge in [0, 0.05) is 41.3 Å². The summed E-state index contributed by atoms with van der Waals surface area (Å²) in [6.45, 7) is 0.158. The van der Waals surface area contributed by atoms with E-state index < -0.39 is 28.4 Å². The Bertz CT molecular complexity index is 1690. The molecule has 0 unspecified atom stereocenters. The number of hydrogen-bond acceptors (Lipinski definition) is 8. The summed E-state index contributed by atoms with van der Waals surface area (Å²) in [6, 6.07) is 14.8. The number of aliphatic hydroxyl groups is 1. The SMILES string of the molecule is COc1ccc2[nH]cc(CCN3C(=O)C(=O)C(=C(O)c4ccc([N+](=O)[O-])cc4)[C@H]3c3ccc(OC)c(OC)c3)c2c1. The van der Waals surface area contributed by atoms with Gasteiger partial charge in [-0.25, -0.2) is 0 Å². The van der Waals surface area contributed by atoms with Crippen LogP contribution in [0.1, 0.15) is 22.7 Å². The second kappa shape index (κ2) is 11.0. The average molecular weight is 558 g/mol. The lowest BCUT2D eigenvalue weighted by atomic mass is 9.94. The molecule has 11 heteroatoms. The standard InChI is InChI=1S/C30H27N3O8/c1-39-21-9-10-23-22(15-21)19(16-31-23)12-13-32-27(18-6-11-24(40-2)25(14-18)41-3)26(29(35)30(32)36)28(34)17-4-7-20(8-5-17)33(37)38/h4-11,14-16,27,31,34H,12-13H2,1-3H3/t27-/m1/s1. The lowest BCUT2D eigenvalue weighted by molar-refractivity contribution is -0.384. The van der Waals surface area contributed by atoms with Crippen molar-refractivity contribution in [2.45, 2.75) is 12.5 Å². The second-order valence-electron chi connectivity index (χ2n) is 9.39. The number of nitrogens with zero attached hydrogens (tertiary/aromatic N) is 2. The number of Topliss-reactive ketones (excluding diaryl/α,β-unsaturated/α-hetero) is 1. The predicted molar refractivity (Wildman–Crippen MR) is 150 cm³/mol. The van der Waals surface area contributed by atoms with E-state index in [4.69, 9.17) is 14.2 Å². The molecule has 0 saturated carbocycles. The number of nitro benzene ring substituents is 1. The Balaban J connectivity index is 1.59. The highest BCUT2D eigenvalue weighted by Gasteiger charge is 2.46. The molecule has 1 aliphatic heterocycles. The molecule has 41 heavy (non-hydrogen) atoms. The number of benzene rings is 3. The Morgan fingerprint density at radius 2 is 1.71 bits per heavy atom. The van der Waals surface area contributed by atoms with Crippen LogP contribution in [0.15, 0.2) is 72.4 Å². The number of H-pyrrole nitrogens is 1. The molecule has 1 saturated heterocycles. The van der Waals surface area contributed by atoms with Crippen LogP contribution in [0.3, 0.4) is 0 Å². The number of ketones is 1. The van der Waals surface area contributed by atoms with Crippen molar-refractivity contribution in [3.63, 3.8) is 0 Å². The molecule has 3 aromatic carbocycles. The number of non-ortho nitro benzene ring substituents is 1. The summed E-state index contributed by atoms with van der Waals surface area (Å²) in [5, 5.41) is 23.3. The Labute approximate surface area is 234 Å². The van der Waals surface area contributed by atoms with Crippen LogP contribution in [0.4, 0.5) is 5.69 Å². The van der Waals surface area contributed by atoms with Gasteiger partial charge in [0.25, 0.3) is 17.4 Å². The Kier molecular flexibility index (Phi) is 7.34. The number of hydrogen-bond donors (Lipinski definition) is 2. The molecule has 1 fully saturated rings. The third-order valence-corrected chi connectivity index (χ3v) is 7.21. The zero-order valence-corrected chi connectivity index (χ0v) is 22.5. The Morgan fingerprint density at radius 3 is 2.37 bits per heavy atom. The quantitative estimate of drug-likeness (QED) is 0.0985. The minimum Gasteiger partial charge on any atom is -0.507 e. The van der Waals surface area contributed by atoms with Gasteiger partial charge in [-0.15, -0.1) is 0 Å². The van der Waals surface area contributed by atoms with Crippen LogP contribution in [0.25, 0.3) is 16.7 Å². The number of nitro groups is 1. The van der Waals surface area contributed by atoms with Crippen LogP contribution in [0.2, 0.25) is 0 Å². The maximum atomic E-state index is 13.4. The number of carbonyl (C=O) groups is 2. The Hall–Kier alpha value is -5.32. The number of fused-ring (bicyclic) bond motifs is 1. The third kappa shape index (κ3) is 4.93. The number of methoxy groups -OCH3 is 3. The molecule has 1 atom stereocenters. The number of ether oxygens (including phenoxy) is 3. The first-order valence-corrected chi connectivity index (χ1v) is 12.7. The first-order chi connectivity index (χ1) is 19.8. The number of likely N-dealkylation sites (tertiary alicyclic amines) is 1. The summed E-state index contributed by atoms with van der Waals surface area (Å²) in [5.74, 6) is -0.539. The molecule has 11 nitrogen and oxygen atoms in total. The normalized spacial score (nSPS) is 16.3. The molecule has 0 aliphatic carbocycles. The number of amides is 1. The number of carbonyl (C=O) groups excluding carboxylic acids is 2. The molecular formula is C30H27N3O8. The van der Waals surface area contributed by atoms with Crippen molar-refractivity contribution in [1.82, 2.24) is 9.88 Å². The van der Waals surface area contributed by atoms with Gasteiger partial charge < -0.3 is 29.2 Å². The fourth-order valence-corrected chi connectivity index (χ4v) is 5.11. The van der Waals surface area contributed by atoms with Crippen molar-refractivity contribution >= 4 is 34.0 Å². The van der Waals surface area contributed by atoms with Crippen LogP contribution >= 0.6 is 0 Å². The predicted octanol–water partition coefficient (Wildman–Crippen LogP) is 4.77. The number of aromatic nitrogens is 1. The van der Waals surface area contributed by atoms with Crippen LogP contribution < -0.4 is 14.2 Å². The molecular weight excluding hydrogens is 530 g/mol. The van der Waals surface area contributed by atoms with E-state index in [9.17, 15) is 24.8 Å². The third-order valence-electron chi connectivity index (χ3n) is 7.21. The van der Waals surface area contributed by atoms with Gasteiger partial charge in [0.15, 0.2) is 11.5 Å². The summed E-state index contributed by atoms with van der Waals surface area (Å²) in [4.78, 5) is 42.0. The van der Waals surface area contributed by atoms with E-state index >= 15 is 0 Å². The highest BCUT2D eigenvalue weighted by Crippen LogP contribution is 2.42. The summed E-state index contributed by atoms with van der Waals surface area (Å²) in [7, 11) is 4.55. The number of nitrogens with one attached hydrogen (secondary N) is 1. The number of aliphatic hydroxyl groups excluding tert-OH is 1. The zero-order chi connectivity index (χ0) is 29.3. The van der Waals surface area contributed by atoms with Crippen LogP contribution in [0, 0.1) is 10.1 Å². The van der Waals surface area contributed by atoms with Crippen molar-refractivity contribution in [1.29, 1.82) is 0 Å². The minimum absolute atomic E-state index is 0.128. The molecule has 1 aliphatic rings. The highest BCUT2D eigenvalue weighted by molar-refractivity contribution is 6.46. The summed E-state index contributed by atoms with van der Waals surface area (Å²) < 4.78 is 16.2. The number of rotatable bonds is 9. The average Bonchev–Trinajstić information content (AvgIpc) is 3.52. The van der Waals surface area contributed by atoms with Gasteiger partial charge in [0.1, 0.15) is 11.5 Å². The van der Waals surface area contributed by atoms with Gasteiger partial charge in [-0.3, -0.25) is 19.7 Å². The topological polar surface area (TPSA) is 144 Å². The van der Waals surface area contributed by atoms with E-state index in [1.54, 1.807) is 25.3 Å². The van der Waals surface area contributed by atoms with Crippen molar-refractivity contribution in [3.05, 3.63) is 99.2 Å². The van der Waals surface area contributed by atoms with Crippen molar-refractivity contribution in [2.75, 3.05) is 27.9 Å². The Morgan fingerprint density at radius 1 is 0.976 bits per heavy atom. The second-order valence-corrected chi connectivity index (χ2v) is 9.39. The van der Waals surface area contributed by atoms with E-state index in [1.807, 2.05) is 24.4 Å². The van der Waals surface area contributed by atoms with Gasteiger partial charge in [-0.2, -0.15) is 0 Å². The van der Waals surface area contributed by atoms with E-state index in [-0.39, 0.29) is 23.4 Å². The maximum Gasteiger partial charge on any atom is 0.295 e. The molecule has 0 spiro atoms. The highest BCUT2D eigenvalue weighted by atomic mass is 16.6. The van der Waals surface area contributed by atoms with Gasteiger partial charge in [0.2, 0.25) is 0 Å². The molecule has 2 heterocycles. The van der Waals surface area contributed by atoms with Crippen LogP contribution in [-0.2, 0) is 16.0 Å². The summed E-state index contributed by atoms with van der Waals surface area (Å²) >= 11 is 0. The van der Waals surface area contributed by atoms with E-state index in [0.29, 0.717) is 29.2 Å². The molecule has 1 aromatic heterocycles.